The van der Waals surface area contributed by atoms with Gasteiger partial charge in [-0.05, 0) is 32.1 Å². The van der Waals surface area contributed by atoms with Crippen molar-refractivity contribution in [2.75, 3.05) is 33.0 Å². The van der Waals surface area contributed by atoms with Gasteiger partial charge < -0.3 is 19.3 Å². The fourth-order valence-corrected chi connectivity index (χ4v) is 4.74. The Morgan fingerprint density at radius 1 is 0.667 bits per heavy atom. The largest absolute Gasteiger partial charge is 0.396 e. The van der Waals surface area contributed by atoms with Crippen molar-refractivity contribution >= 4 is 0 Å². The highest BCUT2D eigenvalue weighted by atomic mass is 16.6. The van der Waals surface area contributed by atoms with Crippen molar-refractivity contribution < 1.29 is 19.3 Å². The van der Waals surface area contributed by atoms with Crippen molar-refractivity contribution in [2.45, 2.75) is 154 Å². The van der Waals surface area contributed by atoms with Crippen molar-refractivity contribution in [1.29, 1.82) is 0 Å². The molecule has 0 amide bonds. The molecular formula is C29H58O4. The summed E-state index contributed by atoms with van der Waals surface area (Å²) in [4.78, 5) is 0. The SMILES string of the molecule is CCCCCCCCCCCCCCCCO[C@@H]1CCCO[C@H]1COCCCCCCCO. The topological polar surface area (TPSA) is 47.9 Å². The predicted octanol–water partition coefficient (Wildman–Crippen LogP) is 7.99. The van der Waals surface area contributed by atoms with Crippen molar-refractivity contribution in [1.82, 2.24) is 0 Å². The van der Waals surface area contributed by atoms with Crippen molar-refractivity contribution in [3.63, 3.8) is 0 Å². The zero-order valence-electron chi connectivity index (χ0n) is 22.2. The van der Waals surface area contributed by atoms with E-state index in [-0.39, 0.29) is 12.2 Å². The molecule has 2 atom stereocenters. The van der Waals surface area contributed by atoms with E-state index in [2.05, 4.69) is 6.92 Å². The normalized spacial score (nSPS) is 18.7. The molecule has 1 aliphatic heterocycles. The number of ether oxygens (including phenoxy) is 3. The first kappa shape index (κ1) is 30.9. The lowest BCUT2D eigenvalue weighted by Gasteiger charge is -2.31. The van der Waals surface area contributed by atoms with Crippen molar-refractivity contribution in [3.05, 3.63) is 0 Å². The van der Waals surface area contributed by atoms with E-state index in [1.165, 1.54) is 103 Å². The Kier molecular flexibility index (Phi) is 23.3. The van der Waals surface area contributed by atoms with Gasteiger partial charge in [0.15, 0.2) is 0 Å². The van der Waals surface area contributed by atoms with E-state index >= 15 is 0 Å². The van der Waals surface area contributed by atoms with Gasteiger partial charge in [-0.25, -0.2) is 0 Å². The lowest BCUT2D eigenvalue weighted by molar-refractivity contribution is -0.131. The fourth-order valence-electron chi connectivity index (χ4n) is 4.74. The minimum Gasteiger partial charge on any atom is -0.396 e. The molecule has 1 fully saturated rings. The van der Waals surface area contributed by atoms with Gasteiger partial charge >= 0.3 is 0 Å². The van der Waals surface area contributed by atoms with E-state index in [1.54, 1.807) is 0 Å². The molecule has 198 valence electrons. The van der Waals surface area contributed by atoms with E-state index in [9.17, 15) is 0 Å². The first-order valence-electron chi connectivity index (χ1n) is 14.8. The summed E-state index contributed by atoms with van der Waals surface area (Å²) in [6, 6.07) is 0. The number of aliphatic hydroxyl groups excluding tert-OH is 1. The Balaban J connectivity index is 1.88. The third kappa shape index (κ3) is 19.8. The summed E-state index contributed by atoms with van der Waals surface area (Å²) < 4.78 is 18.0. The number of hydrogen-bond acceptors (Lipinski definition) is 4. The maximum atomic E-state index is 8.81. The third-order valence-corrected chi connectivity index (χ3v) is 6.94. The van der Waals surface area contributed by atoms with E-state index in [0.717, 1.165) is 51.9 Å². The highest BCUT2D eigenvalue weighted by molar-refractivity contribution is 4.75. The van der Waals surface area contributed by atoms with Gasteiger partial charge in [0.25, 0.3) is 0 Å². The molecule has 1 aliphatic rings. The smallest absolute Gasteiger partial charge is 0.107 e. The van der Waals surface area contributed by atoms with E-state index in [4.69, 9.17) is 19.3 Å². The third-order valence-electron chi connectivity index (χ3n) is 6.94. The maximum absolute atomic E-state index is 8.81. The lowest BCUT2D eigenvalue weighted by Crippen LogP contribution is -2.39. The molecule has 0 aromatic rings. The van der Waals surface area contributed by atoms with Gasteiger partial charge in [-0.15, -0.1) is 0 Å². The minimum atomic E-state index is 0.111. The van der Waals surface area contributed by atoms with Crippen LogP contribution in [0.3, 0.4) is 0 Å². The molecule has 0 aromatic heterocycles. The first-order valence-corrected chi connectivity index (χ1v) is 14.8. The van der Waals surface area contributed by atoms with Crippen LogP contribution in [0.2, 0.25) is 0 Å². The molecule has 0 aliphatic carbocycles. The van der Waals surface area contributed by atoms with E-state index < -0.39 is 0 Å². The first-order chi connectivity index (χ1) is 16.4. The summed E-state index contributed by atoms with van der Waals surface area (Å²) >= 11 is 0. The highest BCUT2D eigenvalue weighted by Crippen LogP contribution is 2.19. The van der Waals surface area contributed by atoms with Crippen LogP contribution >= 0.6 is 0 Å². The van der Waals surface area contributed by atoms with E-state index in [0.29, 0.717) is 13.2 Å². The van der Waals surface area contributed by atoms with Gasteiger partial charge in [-0.3, -0.25) is 0 Å². The summed E-state index contributed by atoms with van der Waals surface area (Å²) in [5.74, 6) is 0. The van der Waals surface area contributed by atoms with Crippen LogP contribution in [0.25, 0.3) is 0 Å². The van der Waals surface area contributed by atoms with Crippen molar-refractivity contribution in [3.8, 4) is 0 Å². The van der Waals surface area contributed by atoms with Crippen LogP contribution in [0.4, 0.5) is 0 Å². The van der Waals surface area contributed by atoms with Crippen LogP contribution in [-0.2, 0) is 14.2 Å². The van der Waals surface area contributed by atoms with Gasteiger partial charge in [0, 0.05) is 26.4 Å². The molecule has 4 nitrogen and oxygen atoms in total. The van der Waals surface area contributed by atoms with Crippen LogP contribution in [0.1, 0.15) is 142 Å². The molecule has 1 rings (SSSR count). The average Bonchev–Trinajstić information content (AvgIpc) is 2.84. The number of unbranched alkanes of at least 4 members (excludes halogenated alkanes) is 17. The molecule has 0 saturated carbocycles. The maximum Gasteiger partial charge on any atom is 0.107 e. The second-order valence-electron chi connectivity index (χ2n) is 10.1. The van der Waals surface area contributed by atoms with Gasteiger partial charge in [0.2, 0.25) is 0 Å². The molecule has 1 saturated heterocycles. The van der Waals surface area contributed by atoms with E-state index in [1.807, 2.05) is 0 Å². The highest BCUT2D eigenvalue weighted by Gasteiger charge is 2.26. The monoisotopic (exact) mass is 470 g/mol. The summed E-state index contributed by atoms with van der Waals surface area (Å²) in [6.07, 6.45) is 27.5. The number of rotatable bonds is 25. The molecule has 0 spiro atoms. The molecule has 0 radical (unpaired) electrons. The average molecular weight is 471 g/mol. The molecule has 0 bridgehead atoms. The van der Waals surface area contributed by atoms with Gasteiger partial charge in [0.1, 0.15) is 6.10 Å². The molecule has 1 heterocycles. The summed E-state index contributed by atoms with van der Waals surface area (Å²) in [6.45, 7) is 5.79. The zero-order chi connectivity index (χ0) is 23.7. The summed E-state index contributed by atoms with van der Waals surface area (Å²) in [5, 5.41) is 8.81. The Bertz CT molecular complexity index is 377. The van der Waals surface area contributed by atoms with Crippen LogP contribution < -0.4 is 0 Å². The molecule has 0 unspecified atom stereocenters. The number of aliphatic hydroxyl groups is 1. The molecule has 33 heavy (non-hydrogen) atoms. The number of hydrogen-bond donors (Lipinski definition) is 1. The predicted molar refractivity (Wildman–Crippen MR) is 140 cm³/mol. The zero-order valence-corrected chi connectivity index (χ0v) is 22.2. The fraction of sp³-hybridized carbons (Fsp3) is 1.00. The van der Waals surface area contributed by atoms with Crippen molar-refractivity contribution in [2.24, 2.45) is 0 Å². The summed E-state index contributed by atoms with van der Waals surface area (Å²) in [5.41, 5.74) is 0. The van der Waals surface area contributed by atoms with Gasteiger partial charge in [-0.2, -0.15) is 0 Å². The van der Waals surface area contributed by atoms with Gasteiger partial charge in [0.05, 0.1) is 12.7 Å². The standard InChI is InChI=1S/C29H58O4/c1-2-3-4-5-6-7-8-9-10-11-12-13-17-20-25-32-28-22-21-26-33-29(28)27-31-24-19-16-14-15-18-23-30/h28-30H,2-27H2,1H3/t28-,29+/m1/s1. The Hall–Kier alpha value is -0.160. The second kappa shape index (κ2) is 24.9. The Morgan fingerprint density at radius 2 is 1.18 bits per heavy atom. The van der Waals surface area contributed by atoms with Crippen LogP contribution in [-0.4, -0.2) is 50.3 Å². The lowest BCUT2D eigenvalue weighted by atomic mass is 10.0. The van der Waals surface area contributed by atoms with Crippen LogP contribution in [0, 0.1) is 0 Å². The molecule has 0 aromatic carbocycles. The molecule has 4 heteroatoms. The summed E-state index contributed by atoms with van der Waals surface area (Å²) in [7, 11) is 0. The Labute approximate surface area is 206 Å². The van der Waals surface area contributed by atoms with Crippen LogP contribution in [0.15, 0.2) is 0 Å². The Morgan fingerprint density at radius 3 is 1.76 bits per heavy atom. The quantitative estimate of drug-likeness (QED) is 0.137. The second-order valence-corrected chi connectivity index (χ2v) is 10.1. The molecule has 1 N–H and O–H groups in total. The molecular weight excluding hydrogens is 412 g/mol. The van der Waals surface area contributed by atoms with Crippen LogP contribution in [0.5, 0.6) is 0 Å². The van der Waals surface area contributed by atoms with Gasteiger partial charge in [-0.1, -0.05) is 110 Å². The minimum absolute atomic E-state index is 0.111.